The zero-order valence-corrected chi connectivity index (χ0v) is 13.5. The van der Waals surface area contributed by atoms with Gasteiger partial charge < -0.3 is 10.1 Å². The predicted octanol–water partition coefficient (Wildman–Crippen LogP) is 0.532. The van der Waals surface area contributed by atoms with Crippen LogP contribution in [0.15, 0.2) is 23.1 Å². The van der Waals surface area contributed by atoms with Crippen LogP contribution >= 0.6 is 11.6 Å². The van der Waals surface area contributed by atoms with Crippen molar-refractivity contribution in [1.82, 2.24) is 14.9 Å². The number of nitrogens with one attached hydrogen (secondary N) is 2. The van der Waals surface area contributed by atoms with Gasteiger partial charge in [0.2, 0.25) is 10.0 Å². The standard InChI is InChI=1S/C13H20ClN3O3S/c1-20-12-10-11(14)2-3-13(12)21(18,19)16-6-9-17-7-4-15-5-8-17/h2-3,10,15-16H,4-9H2,1H3. The second-order valence-corrected chi connectivity index (χ2v) is 6.96. The molecule has 0 atom stereocenters. The van der Waals surface area contributed by atoms with Crippen LogP contribution in [0.3, 0.4) is 0 Å². The van der Waals surface area contributed by atoms with E-state index in [0.717, 1.165) is 26.2 Å². The SMILES string of the molecule is COc1cc(Cl)ccc1S(=O)(=O)NCCN1CCNCC1. The van der Waals surface area contributed by atoms with Crippen molar-refractivity contribution >= 4 is 21.6 Å². The maximum absolute atomic E-state index is 12.3. The first-order chi connectivity index (χ1) is 10.0. The first-order valence-corrected chi connectivity index (χ1v) is 8.65. The van der Waals surface area contributed by atoms with Crippen LogP contribution in [0.1, 0.15) is 0 Å². The van der Waals surface area contributed by atoms with Crippen molar-refractivity contribution in [2.45, 2.75) is 4.90 Å². The largest absolute Gasteiger partial charge is 0.495 e. The lowest BCUT2D eigenvalue weighted by Crippen LogP contribution is -2.46. The molecule has 1 heterocycles. The lowest BCUT2D eigenvalue weighted by Gasteiger charge is -2.27. The van der Waals surface area contributed by atoms with E-state index >= 15 is 0 Å². The van der Waals surface area contributed by atoms with E-state index in [9.17, 15) is 8.42 Å². The molecular weight excluding hydrogens is 314 g/mol. The van der Waals surface area contributed by atoms with Gasteiger partial charge in [-0.1, -0.05) is 11.6 Å². The lowest BCUT2D eigenvalue weighted by atomic mass is 10.3. The predicted molar refractivity (Wildman–Crippen MR) is 82.5 cm³/mol. The van der Waals surface area contributed by atoms with Gasteiger partial charge in [-0.3, -0.25) is 4.90 Å². The van der Waals surface area contributed by atoms with E-state index in [1.54, 1.807) is 0 Å². The molecule has 8 heteroatoms. The molecule has 0 spiro atoms. The molecule has 1 saturated heterocycles. The molecule has 118 valence electrons. The highest BCUT2D eigenvalue weighted by molar-refractivity contribution is 7.89. The Balaban J connectivity index is 1.98. The number of piperazine rings is 1. The number of hydrogen-bond acceptors (Lipinski definition) is 5. The van der Waals surface area contributed by atoms with Crippen LogP contribution in [-0.4, -0.2) is 59.7 Å². The molecule has 0 aliphatic carbocycles. The first-order valence-electron chi connectivity index (χ1n) is 6.79. The minimum Gasteiger partial charge on any atom is -0.495 e. The second-order valence-electron chi connectivity index (χ2n) is 4.78. The van der Waals surface area contributed by atoms with Crippen LogP contribution in [0.2, 0.25) is 5.02 Å². The highest BCUT2D eigenvalue weighted by Crippen LogP contribution is 2.26. The molecule has 0 unspecified atom stereocenters. The average Bonchev–Trinajstić information content (AvgIpc) is 2.47. The van der Waals surface area contributed by atoms with Gasteiger partial charge in [-0.05, 0) is 12.1 Å². The number of rotatable bonds is 6. The molecule has 0 amide bonds. The number of sulfonamides is 1. The maximum atomic E-state index is 12.3. The number of ether oxygens (including phenoxy) is 1. The minimum atomic E-state index is -3.60. The molecule has 0 bridgehead atoms. The number of benzene rings is 1. The topological polar surface area (TPSA) is 70.7 Å². The monoisotopic (exact) mass is 333 g/mol. The molecular formula is C13H20ClN3O3S. The van der Waals surface area contributed by atoms with Gasteiger partial charge in [0.25, 0.3) is 0 Å². The lowest BCUT2D eigenvalue weighted by molar-refractivity contribution is 0.245. The third-order valence-corrected chi connectivity index (χ3v) is 5.08. The van der Waals surface area contributed by atoms with Crippen molar-refractivity contribution in [2.75, 3.05) is 46.4 Å². The summed E-state index contributed by atoms with van der Waals surface area (Å²) in [5.74, 6) is 0.247. The van der Waals surface area contributed by atoms with Gasteiger partial charge in [0, 0.05) is 50.4 Å². The van der Waals surface area contributed by atoms with Crippen molar-refractivity contribution in [3.63, 3.8) is 0 Å². The quantitative estimate of drug-likeness (QED) is 0.795. The fourth-order valence-electron chi connectivity index (χ4n) is 2.21. The molecule has 0 radical (unpaired) electrons. The molecule has 0 aromatic heterocycles. The highest BCUT2D eigenvalue weighted by atomic mass is 35.5. The summed E-state index contributed by atoms with van der Waals surface area (Å²) in [6.45, 7) is 4.82. The molecule has 1 aromatic rings. The fourth-order valence-corrected chi connectivity index (χ4v) is 3.55. The van der Waals surface area contributed by atoms with Crippen LogP contribution in [0.4, 0.5) is 0 Å². The summed E-state index contributed by atoms with van der Waals surface area (Å²) in [5.41, 5.74) is 0. The number of nitrogens with zero attached hydrogens (tertiary/aromatic N) is 1. The van der Waals surface area contributed by atoms with Gasteiger partial charge in [0.15, 0.2) is 0 Å². The summed E-state index contributed by atoms with van der Waals surface area (Å²) in [4.78, 5) is 2.33. The van der Waals surface area contributed by atoms with Crippen LogP contribution in [0, 0.1) is 0 Å². The molecule has 1 aromatic carbocycles. The van der Waals surface area contributed by atoms with Gasteiger partial charge in [-0.2, -0.15) is 0 Å². The van der Waals surface area contributed by atoms with E-state index in [4.69, 9.17) is 16.3 Å². The molecule has 1 fully saturated rings. The van der Waals surface area contributed by atoms with E-state index < -0.39 is 10.0 Å². The fraction of sp³-hybridized carbons (Fsp3) is 0.538. The summed E-state index contributed by atoms with van der Waals surface area (Å²) in [6.07, 6.45) is 0. The summed E-state index contributed by atoms with van der Waals surface area (Å²) < 4.78 is 32.3. The molecule has 2 rings (SSSR count). The van der Waals surface area contributed by atoms with Crippen molar-refractivity contribution < 1.29 is 13.2 Å². The Morgan fingerprint density at radius 2 is 2.10 bits per heavy atom. The zero-order valence-electron chi connectivity index (χ0n) is 11.9. The van der Waals surface area contributed by atoms with Crippen molar-refractivity contribution in [1.29, 1.82) is 0 Å². The third-order valence-electron chi connectivity index (χ3n) is 3.34. The Hall–Kier alpha value is -0.860. The van der Waals surface area contributed by atoms with Gasteiger partial charge in [0.1, 0.15) is 10.6 Å². The van der Waals surface area contributed by atoms with Crippen LogP contribution < -0.4 is 14.8 Å². The van der Waals surface area contributed by atoms with E-state index in [1.807, 2.05) is 0 Å². The summed E-state index contributed by atoms with van der Waals surface area (Å²) in [6, 6.07) is 4.48. The number of halogens is 1. The Bertz CT molecular complexity index is 574. The molecule has 21 heavy (non-hydrogen) atoms. The normalized spacial score (nSPS) is 16.9. The number of methoxy groups -OCH3 is 1. The Kier molecular flexibility index (Phi) is 5.83. The van der Waals surface area contributed by atoms with Crippen molar-refractivity contribution in [3.8, 4) is 5.75 Å². The molecule has 6 nitrogen and oxygen atoms in total. The van der Waals surface area contributed by atoms with E-state index in [1.165, 1.54) is 25.3 Å². The van der Waals surface area contributed by atoms with E-state index in [-0.39, 0.29) is 10.6 Å². The van der Waals surface area contributed by atoms with Gasteiger partial charge in [0.05, 0.1) is 7.11 Å². The molecule has 2 N–H and O–H groups in total. The minimum absolute atomic E-state index is 0.106. The van der Waals surface area contributed by atoms with Gasteiger partial charge >= 0.3 is 0 Å². The van der Waals surface area contributed by atoms with Crippen LogP contribution in [0.25, 0.3) is 0 Å². The Morgan fingerprint density at radius 1 is 1.38 bits per heavy atom. The second kappa shape index (κ2) is 7.42. The summed E-state index contributed by atoms with van der Waals surface area (Å²) in [7, 11) is -2.17. The zero-order chi connectivity index (χ0) is 15.3. The summed E-state index contributed by atoms with van der Waals surface area (Å²) in [5, 5.41) is 3.69. The summed E-state index contributed by atoms with van der Waals surface area (Å²) >= 11 is 5.84. The molecule has 0 saturated carbocycles. The van der Waals surface area contributed by atoms with Crippen molar-refractivity contribution in [2.24, 2.45) is 0 Å². The van der Waals surface area contributed by atoms with Crippen LogP contribution in [-0.2, 0) is 10.0 Å². The van der Waals surface area contributed by atoms with E-state index in [0.29, 0.717) is 18.1 Å². The van der Waals surface area contributed by atoms with Crippen molar-refractivity contribution in [3.05, 3.63) is 23.2 Å². The number of hydrogen-bond donors (Lipinski definition) is 2. The van der Waals surface area contributed by atoms with E-state index in [2.05, 4.69) is 14.9 Å². The van der Waals surface area contributed by atoms with Gasteiger partial charge in [-0.25, -0.2) is 13.1 Å². The molecule has 1 aliphatic rings. The van der Waals surface area contributed by atoms with Crippen LogP contribution in [0.5, 0.6) is 5.75 Å². The smallest absolute Gasteiger partial charge is 0.244 e. The van der Waals surface area contributed by atoms with Gasteiger partial charge in [-0.15, -0.1) is 0 Å². The Labute approximate surface area is 130 Å². The first kappa shape index (κ1) is 16.5. The molecule has 1 aliphatic heterocycles. The average molecular weight is 334 g/mol. The Morgan fingerprint density at radius 3 is 2.76 bits per heavy atom. The third kappa shape index (κ3) is 4.55. The highest BCUT2D eigenvalue weighted by Gasteiger charge is 2.20. The maximum Gasteiger partial charge on any atom is 0.244 e.